The Morgan fingerprint density at radius 1 is 1.28 bits per heavy atom. The van der Waals surface area contributed by atoms with Gasteiger partial charge in [-0.1, -0.05) is 11.3 Å². The van der Waals surface area contributed by atoms with Crippen molar-refractivity contribution in [3.8, 4) is 5.19 Å². The lowest BCUT2D eigenvalue weighted by Crippen LogP contribution is -2.35. The first kappa shape index (κ1) is 16.6. The number of imidazole rings is 1. The molecule has 0 amide bonds. The van der Waals surface area contributed by atoms with Gasteiger partial charge in [-0.25, -0.2) is 9.97 Å². The van der Waals surface area contributed by atoms with Gasteiger partial charge in [0.15, 0.2) is 0 Å². The van der Waals surface area contributed by atoms with E-state index in [0.29, 0.717) is 11.1 Å². The van der Waals surface area contributed by atoms with Crippen LogP contribution in [0.4, 0.5) is 0 Å². The zero-order chi connectivity index (χ0) is 17.1. The molecule has 0 radical (unpaired) electrons. The van der Waals surface area contributed by atoms with Crippen LogP contribution < -0.4 is 4.74 Å². The van der Waals surface area contributed by atoms with Crippen LogP contribution in [0.1, 0.15) is 35.3 Å². The summed E-state index contributed by atoms with van der Waals surface area (Å²) in [5.74, 6) is 1.60. The highest BCUT2D eigenvalue weighted by atomic mass is 32.1. The monoisotopic (exact) mass is 376 g/mol. The van der Waals surface area contributed by atoms with E-state index in [4.69, 9.17) is 4.74 Å². The van der Waals surface area contributed by atoms with Crippen LogP contribution >= 0.6 is 22.7 Å². The normalized spacial score (nSPS) is 18.5. The van der Waals surface area contributed by atoms with Crippen LogP contribution in [0.2, 0.25) is 0 Å². The van der Waals surface area contributed by atoms with Crippen molar-refractivity contribution >= 4 is 22.7 Å². The molecule has 1 fully saturated rings. The van der Waals surface area contributed by atoms with Crippen molar-refractivity contribution < 1.29 is 4.74 Å². The van der Waals surface area contributed by atoms with Gasteiger partial charge in [-0.05, 0) is 19.4 Å². The number of hydrogen-bond acceptors (Lipinski definition) is 8. The van der Waals surface area contributed by atoms with Crippen LogP contribution in [0, 0.1) is 0 Å². The molecular formula is C16H20N6OS2. The molecule has 7 nitrogen and oxygen atoms in total. The van der Waals surface area contributed by atoms with Crippen LogP contribution in [0.3, 0.4) is 0 Å². The highest BCUT2D eigenvalue weighted by Gasteiger charge is 2.25. The van der Waals surface area contributed by atoms with Crippen LogP contribution in [-0.2, 0) is 13.1 Å². The Hall–Kier alpha value is -1.84. The molecule has 0 bridgehead atoms. The second-order valence-corrected chi connectivity index (χ2v) is 7.88. The average Bonchev–Trinajstić information content (AvgIpc) is 3.37. The third-order valence-corrected chi connectivity index (χ3v) is 5.92. The summed E-state index contributed by atoms with van der Waals surface area (Å²) in [5.41, 5.74) is 2.97. The maximum Gasteiger partial charge on any atom is 0.293 e. The van der Waals surface area contributed by atoms with Crippen molar-refractivity contribution in [2.24, 2.45) is 0 Å². The first-order valence-electron chi connectivity index (χ1n) is 8.28. The Labute approximate surface area is 154 Å². The number of thiazole rings is 1. The predicted octanol–water partition coefficient (Wildman–Crippen LogP) is 2.63. The molecule has 1 atom stereocenters. The van der Waals surface area contributed by atoms with Gasteiger partial charge in [0, 0.05) is 30.2 Å². The third kappa shape index (κ3) is 3.88. The van der Waals surface area contributed by atoms with E-state index < -0.39 is 0 Å². The lowest BCUT2D eigenvalue weighted by molar-refractivity contribution is 0.194. The van der Waals surface area contributed by atoms with Crippen LogP contribution in [0.15, 0.2) is 23.3 Å². The topological polar surface area (TPSA) is 69.0 Å². The van der Waals surface area contributed by atoms with E-state index in [2.05, 4.69) is 41.2 Å². The molecule has 3 aromatic rings. The predicted molar refractivity (Wildman–Crippen MR) is 97.2 cm³/mol. The Kier molecular flexibility index (Phi) is 5.04. The highest BCUT2D eigenvalue weighted by Crippen LogP contribution is 2.28. The molecule has 0 aliphatic carbocycles. The maximum atomic E-state index is 5.14. The second-order valence-electron chi connectivity index (χ2n) is 6.13. The van der Waals surface area contributed by atoms with Crippen molar-refractivity contribution in [2.75, 3.05) is 20.2 Å². The van der Waals surface area contributed by atoms with E-state index in [1.165, 1.54) is 24.2 Å². The molecule has 3 aromatic heterocycles. The lowest BCUT2D eigenvalue weighted by Gasteiger charge is -2.31. The Morgan fingerprint density at radius 3 is 3.04 bits per heavy atom. The van der Waals surface area contributed by atoms with Crippen LogP contribution in [-0.4, -0.2) is 49.8 Å². The van der Waals surface area contributed by atoms with Crippen molar-refractivity contribution in [3.63, 3.8) is 0 Å². The highest BCUT2D eigenvalue weighted by molar-refractivity contribution is 7.13. The number of rotatable bonds is 6. The van der Waals surface area contributed by atoms with E-state index in [0.717, 1.165) is 42.7 Å². The first-order chi connectivity index (χ1) is 12.3. The van der Waals surface area contributed by atoms with Gasteiger partial charge in [-0.15, -0.1) is 21.5 Å². The van der Waals surface area contributed by atoms with Crippen LogP contribution in [0.25, 0.3) is 0 Å². The van der Waals surface area contributed by atoms with Gasteiger partial charge in [-0.3, -0.25) is 4.90 Å². The van der Waals surface area contributed by atoms with Gasteiger partial charge >= 0.3 is 0 Å². The fourth-order valence-corrected chi connectivity index (χ4v) is 4.54. The molecule has 4 heterocycles. The van der Waals surface area contributed by atoms with Crippen molar-refractivity contribution in [3.05, 3.63) is 39.8 Å². The first-order valence-corrected chi connectivity index (χ1v) is 10.0. The van der Waals surface area contributed by atoms with E-state index in [1.807, 2.05) is 11.7 Å². The van der Waals surface area contributed by atoms with Crippen molar-refractivity contribution in [1.29, 1.82) is 0 Å². The molecule has 132 valence electrons. The van der Waals surface area contributed by atoms with Gasteiger partial charge in [0.05, 0.1) is 31.4 Å². The molecule has 9 heteroatoms. The smallest absolute Gasteiger partial charge is 0.293 e. The number of methoxy groups -OCH3 is 1. The Morgan fingerprint density at radius 2 is 2.24 bits per heavy atom. The van der Waals surface area contributed by atoms with Gasteiger partial charge in [0.25, 0.3) is 5.19 Å². The summed E-state index contributed by atoms with van der Waals surface area (Å²) in [4.78, 5) is 11.5. The fourth-order valence-electron chi connectivity index (χ4n) is 3.29. The SMILES string of the molecule is COc1nnc(CN2CCC[C@H](c3nccn3Cc3cscn3)C2)s1. The standard InChI is InChI=1S/C16H20N6OS2/c1-23-16-20-19-14(25-16)9-21-5-2-3-12(7-21)15-17-4-6-22(15)8-13-10-24-11-18-13/h4,6,10-12H,2-3,5,7-9H2,1H3/t12-/m0/s1. The summed E-state index contributed by atoms with van der Waals surface area (Å²) in [6.07, 6.45) is 6.30. The average molecular weight is 377 g/mol. The molecule has 1 aliphatic heterocycles. The minimum absolute atomic E-state index is 0.442. The maximum absolute atomic E-state index is 5.14. The zero-order valence-electron chi connectivity index (χ0n) is 14.0. The number of piperidine rings is 1. The second kappa shape index (κ2) is 7.59. The number of likely N-dealkylation sites (tertiary alicyclic amines) is 1. The Bertz CT molecular complexity index is 799. The number of ether oxygens (including phenoxy) is 1. The molecule has 0 spiro atoms. The molecule has 4 rings (SSSR count). The summed E-state index contributed by atoms with van der Waals surface area (Å²) < 4.78 is 7.37. The van der Waals surface area contributed by atoms with Crippen molar-refractivity contribution in [2.45, 2.75) is 31.8 Å². The third-order valence-electron chi connectivity index (χ3n) is 4.42. The van der Waals surface area contributed by atoms with Crippen molar-refractivity contribution in [1.82, 2.24) is 29.6 Å². The molecule has 0 saturated carbocycles. The molecular weight excluding hydrogens is 356 g/mol. The van der Waals surface area contributed by atoms with Gasteiger partial charge in [-0.2, -0.15) is 0 Å². The number of aromatic nitrogens is 5. The lowest BCUT2D eigenvalue weighted by atomic mass is 9.97. The molecule has 1 aliphatic rings. The van der Waals surface area contributed by atoms with E-state index >= 15 is 0 Å². The summed E-state index contributed by atoms with van der Waals surface area (Å²) in [5, 5.41) is 12.0. The molecule has 0 unspecified atom stereocenters. The minimum Gasteiger partial charge on any atom is -0.472 e. The molecule has 25 heavy (non-hydrogen) atoms. The zero-order valence-corrected chi connectivity index (χ0v) is 15.7. The summed E-state index contributed by atoms with van der Waals surface area (Å²) >= 11 is 3.15. The van der Waals surface area contributed by atoms with E-state index in [1.54, 1.807) is 18.4 Å². The fraction of sp³-hybridized carbons (Fsp3) is 0.500. The quantitative estimate of drug-likeness (QED) is 0.659. The molecule has 1 saturated heterocycles. The summed E-state index contributed by atoms with van der Waals surface area (Å²) in [7, 11) is 1.63. The van der Waals surface area contributed by atoms with Crippen LogP contribution in [0.5, 0.6) is 5.19 Å². The molecule has 0 aromatic carbocycles. The summed E-state index contributed by atoms with van der Waals surface area (Å²) in [6.45, 7) is 3.70. The Balaban J connectivity index is 1.43. The van der Waals surface area contributed by atoms with Gasteiger partial charge in [0.1, 0.15) is 10.8 Å². The minimum atomic E-state index is 0.442. The van der Waals surface area contributed by atoms with E-state index in [9.17, 15) is 0 Å². The summed E-state index contributed by atoms with van der Waals surface area (Å²) in [6, 6.07) is 0. The van der Waals surface area contributed by atoms with E-state index in [-0.39, 0.29) is 0 Å². The molecule has 0 N–H and O–H groups in total. The number of nitrogens with zero attached hydrogens (tertiary/aromatic N) is 6. The van der Waals surface area contributed by atoms with Gasteiger partial charge in [0.2, 0.25) is 0 Å². The van der Waals surface area contributed by atoms with Gasteiger partial charge < -0.3 is 9.30 Å². The largest absolute Gasteiger partial charge is 0.472 e. The number of hydrogen-bond donors (Lipinski definition) is 0.